The van der Waals surface area contributed by atoms with Crippen molar-refractivity contribution >= 4 is 12.0 Å². The highest BCUT2D eigenvalue weighted by Crippen LogP contribution is 2.38. The van der Waals surface area contributed by atoms with Crippen LogP contribution in [0, 0.1) is 11.3 Å². The van der Waals surface area contributed by atoms with Crippen LogP contribution in [0.4, 0.5) is 0 Å². The molecule has 9 heteroatoms. The van der Waals surface area contributed by atoms with E-state index in [9.17, 15) is 4.79 Å². The molecule has 2 aromatic rings. The summed E-state index contributed by atoms with van der Waals surface area (Å²) < 4.78 is 21.8. The molecule has 0 bridgehead atoms. The lowest BCUT2D eigenvalue weighted by Gasteiger charge is -2.28. The number of ether oxygens (including phenoxy) is 4. The van der Waals surface area contributed by atoms with Gasteiger partial charge in [0.15, 0.2) is 11.5 Å². The van der Waals surface area contributed by atoms with Crippen LogP contribution in [0.1, 0.15) is 36.9 Å². The smallest absolute Gasteiger partial charge is 0.251 e. The van der Waals surface area contributed by atoms with Crippen LogP contribution in [-0.4, -0.2) is 49.4 Å². The van der Waals surface area contributed by atoms with Gasteiger partial charge in [0.05, 0.1) is 21.3 Å². The average Bonchev–Trinajstić information content (AvgIpc) is 2.83. The maximum absolute atomic E-state index is 12.4. The Balaban J connectivity index is 1.53. The lowest BCUT2D eigenvalue weighted by molar-refractivity contribution is -0.117. The van der Waals surface area contributed by atoms with E-state index in [-0.39, 0.29) is 29.6 Å². The monoisotopic (exact) mass is 438 g/mol. The first-order valence-corrected chi connectivity index (χ1v) is 10.2. The second-order valence-corrected chi connectivity index (χ2v) is 7.21. The molecule has 0 saturated heterocycles. The Hall–Kier alpha value is -3.80. The zero-order chi connectivity index (χ0) is 22.9. The zero-order valence-corrected chi connectivity index (χ0v) is 18.3. The molecule has 168 valence electrons. The first-order valence-electron chi connectivity index (χ1n) is 10.2. The standard InChI is InChI=1S/C23H26N4O5/c1-29-19-12-15(13-20(30-2)22(19)31-3)4-9-21(28)27-16-5-7-17(8-6-16)32-23-18(14-24)25-10-11-26-23/h4,9-13,16-17H,5-8H2,1-3H3,(H,27,28)/b9-4+. The molecule has 1 aromatic heterocycles. The van der Waals surface area contributed by atoms with Crippen molar-refractivity contribution in [1.82, 2.24) is 15.3 Å². The van der Waals surface area contributed by atoms with E-state index in [2.05, 4.69) is 15.3 Å². The fourth-order valence-corrected chi connectivity index (χ4v) is 3.59. The number of carbonyl (C=O) groups excluding carboxylic acids is 1. The minimum atomic E-state index is -0.177. The summed E-state index contributed by atoms with van der Waals surface area (Å²) in [5.74, 6) is 1.62. The number of benzene rings is 1. The van der Waals surface area contributed by atoms with Crippen molar-refractivity contribution in [2.75, 3.05) is 21.3 Å². The van der Waals surface area contributed by atoms with E-state index in [1.165, 1.54) is 18.5 Å². The number of nitrogens with one attached hydrogen (secondary N) is 1. The molecule has 0 atom stereocenters. The lowest BCUT2D eigenvalue weighted by atomic mass is 9.93. The quantitative estimate of drug-likeness (QED) is 0.626. The average molecular weight is 438 g/mol. The molecule has 32 heavy (non-hydrogen) atoms. The molecule has 0 aliphatic heterocycles. The van der Waals surface area contributed by atoms with E-state index in [1.54, 1.807) is 39.5 Å². The third kappa shape index (κ3) is 5.66. The minimum absolute atomic E-state index is 0.0540. The highest BCUT2D eigenvalue weighted by atomic mass is 16.5. The van der Waals surface area contributed by atoms with Gasteiger partial charge < -0.3 is 24.3 Å². The maximum atomic E-state index is 12.4. The third-order valence-electron chi connectivity index (χ3n) is 5.18. The molecule has 3 rings (SSSR count). The van der Waals surface area contributed by atoms with Gasteiger partial charge in [0.25, 0.3) is 5.88 Å². The molecule has 1 fully saturated rings. The van der Waals surface area contributed by atoms with Gasteiger partial charge in [-0.2, -0.15) is 5.26 Å². The third-order valence-corrected chi connectivity index (χ3v) is 5.18. The van der Waals surface area contributed by atoms with E-state index in [1.807, 2.05) is 6.07 Å². The molecule has 0 radical (unpaired) electrons. The number of carbonyl (C=O) groups is 1. The molecule has 1 aromatic carbocycles. The number of methoxy groups -OCH3 is 3. The molecule has 1 amide bonds. The Kier molecular flexibility index (Phi) is 7.86. The van der Waals surface area contributed by atoms with Crippen molar-refractivity contribution in [1.29, 1.82) is 5.26 Å². The SMILES string of the molecule is COc1cc(/C=C/C(=O)NC2CCC(Oc3nccnc3C#N)CC2)cc(OC)c1OC. The molecule has 1 N–H and O–H groups in total. The first kappa shape index (κ1) is 22.9. The van der Waals surface area contributed by atoms with Crippen LogP contribution in [0.3, 0.4) is 0 Å². The van der Waals surface area contributed by atoms with Crippen LogP contribution >= 0.6 is 0 Å². The summed E-state index contributed by atoms with van der Waals surface area (Å²) in [6, 6.07) is 5.59. The molecular weight excluding hydrogens is 412 g/mol. The number of aromatic nitrogens is 2. The van der Waals surface area contributed by atoms with E-state index in [0.717, 1.165) is 31.2 Å². The predicted molar refractivity (Wildman–Crippen MR) is 117 cm³/mol. The van der Waals surface area contributed by atoms with Crippen LogP contribution in [0.25, 0.3) is 6.08 Å². The summed E-state index contributed by atoms with van der Waals surface area (Å²) in [5.41, 5.74) is 0.934. The van der Waals surface area contributed by atoms with Gasteiger partial charge in [0.2, 0.25) is 17.4 Å². The first-order chi connectivity index (χ1) is 15.6. The van der Waals surface area contributed by atoms with Gasteiger partial charge in [0.1, 0.15) is 12.2 Å². The Morgan fingerprint density at radius 1 is 1.06 bits per heavy atom. The van der Waals surface area contributed by atoms with Crippen molar-refractivity contribution in [2.24, 2.45) is 0 Å². The van der Waals surface area contributed by atoms with Gasteiger partial charge in [-0.25, -0.2) is 9.97 Å². The highest BCUT2D eigenvalue weighted by molar-refractivity contribution is 5.92. The molecule has 1 saturated carbocycles. The Morgan fingerprint density at radius 2 is 1.72 bits per heavy atom. The summed E-state index contributed by atoms with van der Waals surface area (Å²) in [5, 5.41) is 12.1. The van der Waals surface area contributed by atoms with Crippen molar-refractivity contribution in [3.05, 3.63) is 41.9 Å². The van der Waals surface area contributed by atoms with Crippen LogP contribution in [-0.2, 0) is 4.79 Å². The van der Waals surface area contributed by atoms with Gasteiger partial charge in [0, 0.05) is 24.5 Å². The normalized spacial score (nSPS) is 17.9. The van der Waals surface area contributed by atoms with E-state index in [4.69, 9.17) is 24.2 Å². The van der Waals surface area contributed by atoms with E-state index in [0.29, 0.717) is 17.2 Å². The largest absolute Gasteiger partial charge is 0.493 e. The predicted octanol–water partition coefficient (Wildman–Crippen LogP) is 2.89. The van der Waals surface area contributed by atoms with E-state index < -0.39 is 0 Å². The molecule has 1 aliphatic rings. The van der Waals surface area contributed by atoms with Crippen molar-refractivity contribution in [3.8, 4) is 29.2 Å². The molecule has 0 spiro atoms. The Labute approximate surface area is 187 Å². The summed E-state index contributed by atoms with van der Waals surface area (Å²) in [6.45, 7) is 0. The number of nitrogens with zero attached hydrogens (tertiary/aromatic N) is 3. The van der Waals surface area contributed by atoms with Crippen LogP contribution in [0.5, 0.6) is 23.1 Å². The van der Waals surface area contributed by atoms with Crippen LogP contribution < -0.4 is 24.3 Å². The second-order valence-electron chi connectivity index (χ2n) is 7.21. The van der Waals surface area contributed by atoms with Gasteiger partial charge >= 0.3 is 0 Å². The molecule has 1 aliphatic carbocycles. The second kappa shape index (κ2) is 11.0. The number of nitriles is 1. The van der Waals surface area contributed by atoms with Crippen molar-refractivity contribution in [3.63, 3.8) is 0 Å². The summed E-state index contributed by atoms with van der Waals surface area (Å²) >= 11 is 0. The summed E-state index contributed by atoms with van der Waals surface area (Å²) in [4.78, 5) is 20.4. The Morgan fingerprint density at radius 3 is 2.31 bits per heavy atom. The molecular formula is C23H26N4O5. The van der Waals surface area contributed by atoms with Gasteiger partial charge in [-0.3, -0.25) is 4.79 Å². The molecule has 0 unspecified atom stereocenters. The highest BCUT2D eigenvalue weighted by Gasteiger charge is 2.24. The summed E-state index contributed by atoms with van der Waals surface area (Å²) in [6.07, 6.45) is 9.15. The molecule has 1 heterocycles. The lowest BCUT2D eigenvalue weighted by Crippen LogP contribution is -2.39. The van der Waals surface area contributed by atoms with Crippen molar-refractivity contribution in [2.45, 2.75) is 37.8 Å². The maximum Gasteiger partial charge on any atom is 0.251 e. The minimum Gasteiger partial charge on any atom is -0.493 e. The Bertz CT molecular complexity index is 985. The van der Waals surface area contributed by atoms with Gasteiger partial charge in [-0.15, -0.1) is 0 Å². The number of hydrogen-bond donors (Lipinski definition) is 1. The number of rotatable bonds is 8. The van der Waals surface area contributed by atoms with Crippen LogP contribution in [0.15, 0.2) is 30.6 Å². The fourth-order valence-electron chi connectivity index (χ4n) is 3.59. The number of amides is 1. The molecule has 9 nitrogen and oxygen atoms in total. The van der Waals surface area contributed by atoms with E-state index >= 15 is 0 Å². The van der Waals surface area contributed by atoms with Gasteiger partial charge in [-0.05, 0) is 49.5 Å². The van der Waals surface area contributed by atoms with Crippen LogP contribution in [0.2, 0.25) is 0 Å². The summed E-state index contributed by atoms with van der Waals surface area (Å²) in [7, 11) is 4.63. The zero-order valence-electron chi connectivity index (χ0n) is 18.3. The van der Waals surface area contributed by atoms with Crippen molar-refractivity contribution < 1.29 is 23.7 Å². The number of hydrogen-bond acceptors (Lipinski definition) is 8. The topological polar surface area (TPSA) is 116 Å². The van der Waals surface area contributed by atoms with Gasteiger partial charge in [-0.1, -0.05) is 0 Å². The fraction of sp³-hybridized carbons (Fsp3) is 0.391.